The van der Waals surface area contributed by atoms with E-state index in [0.29, 0.717) is 5.75 Å². The molecule has 20 heavy (non-hydrogen) atoms. The Balaban J connectivity index is 1.98. The zero-order chi connectivity index (χ0) is 14.7. The van der Waals surface area contributed by atoms with Crippen LogP contribution in [0.1, 0.15) is 30.1 Å². The van der Waals surface area contributed by atoms with Gasteiger partial charge in [0.25, 0.3) is 5.91 Å². The number of methoxy groups -OCH3 is 1. The fourth-order valence-electron chi connectivity index (χ4n) is 1.72. The molecule has 1 saturated carbocycles. The molecule has 0 bridgehead atoms. The number of amides is 2. The third-order valence-electron chi connectivity index (χ3n) is 3.11. The third kappa shape index (κ3) is 3.40. The van der Waals surface area contributed by atoms with Gasteiger partial charge in [0.05, 0.1) is 12.7 Å². The molecular formula is C14H18N2O4. The second kappa shape index (κ2) is 5.81. The summed E-state index contributed by atoms with van der Waals surface area (Å²) in [7, 11) is 1.47. The second-order valence-electron chi connectivity index (χ2n) is 4.86. The van der Waals surface area contributed by atoms with E-state index < -0.39 is 11.9 Å². The number of ether oxygens (including phenoxy) is 1. The number of rotatable bonds is 5. The Bertz CT molecular complexity index is 526. The SMILES string of the molecule is COc1ccc(C(=O)NC(C)C(=O)NC2CC2)c(O)c1. The Labute approximate surface area is 117 Å². The van der Waals surface area contributed by atoms with Crippen LogP contribution in [0, 0.1) is 0 Å². The van der Waals surface area contributed by atoms with E-state index in [1.807, 2.05) is 0 Å². The van der Waals surface area contributed by atoms with E-state index in [4.69, 9.17) is 4.74 Å². The van der Waals surface area contributed by atoms with Gasteiger partial charge in [0.2, 0.25) is 5.91 Å². The molecule has 2 rings (SSSR count). The van der Waals surface area contributed by atoms with E-state index in [-0.39, 0.29) is 23.3 Å². The van der Waals surface area contributed by atoms with E-state index in [9.17, 15) is 14.7 Å². The summed E-state index contributed by atoms with van der Waals surface area (Å²) in [6, 6.07) is 3.98. The molecule has 0 aromatic heterocycles. The Morgan fingerprint density at radius 1 is 1.40 bits per heavy atom. The van der Waals surface area contributed by atoms with Gasteiger partial charge in [-0.05, 0) is 31.9 Å². The first-order valence-electron chi connectivity index (χ1n) is 6.49. The maximum atomic E-state index is 12.0. The molecule has 6 heteroatoms. The molecule has 0 saturated heterocycles. The zero-order valence-electron chi connectivity index (χ0n) is 11.5. The van der Waals surface area contributed by atoms with E-state index in [0.717, 1.165) is 12.8 Å². The molecule has 1 unspecified atom stereocenters. The minimum absolute atomic E-state index is 0.108. The fraction of sp³-hybridized carbons (Fsp3) is 0.429. The monoisotopic (exact) mass is 278 g/mol. The topological polar surface area (TPSA) is 87.7 Å². The number of aromatic hydroxyl groups is 1. The van der Waals surface area contributed by atoms with Gasteiger partial charge in [-0.25, -0.2) is 0 Å². The summed E-state index contributed by atoms with van der Waals surface area (Å²) in [6.45, 7) is 1.61. The van der Waals surface area contributed by atoms with Crippen molar-refractivity contribution in [2.45, 2.75) is 31.8 Å². The maximum absolute atomic E-state index is 12.0. The van der Waals surface area contributed by atoms with Gasteiger partial charge in [0.1, 0.15) is 17.5 Å². The molecule has 0 spiro atoms. The molecule has 1 aromatic rings. The molecule has 1 fully saturated rings. The molecule has 108 valence electrons. The lowest BCUT2D eigenvalue weighted by molar-refractivity contribution is -0.122. The number of phenols is 1. The maximum Gasteiger partial charge on any atom is 0.255 e. The van der Waals surface area contributed by atoms with Gasteiger partial charge in [0, 0.05) is 12.1 Å². The minimum atomic E-state index is -0.649. The predicted octanol–water partition coefficient (Wildman–Crippen LogP) is 0.798. The Morgan fingerprint density at radius 3 is 2.65 bits per heavy atom. The van der Waals surface area contributed by atoms with Crippen molar-refractivity contribution in [3.8, 4) is 11.5 Å². The first-order chi connectivity index (χ1) is 9.51. The van der Waals surface area contributed by atoms with Crippen molar-refractivity contribution in [2.75, 3.05) is 7.11 Å². The zero-order valence-corrected chi connectivity index (χ0v) is 11.5. The Hall–Kier alpha value is -2.24. The molecule has 0 radical (unpaired) electrons. The van der Waals surface area contributed by atoms with Crippen molar-refractivity contribution >= 4 is 11.8 Å². The normalized spacial score (nSPS) is 15.3. The summed E-state index contributed by atoms with van der Waals surface area (Å²) < 4.78 is 4.94. The van der Waals surface area contributed by atoms with Crippen molar-refractivity contribution < 1.29 is 19.4 Å². The average molecular weight is 278 g/mol. The highest BCUT2D eigenvalue weighted by molar-refractivity contribution is 5.99. The van der Waals surface area contributed by atoms with Crippen LogP contribution >= 0.6 is 0 Å². The van der Waals surface area contributed by atoms with Crippen molar-refractivity contribution in [2.24, 2.45) is 0 Å². The van der Waals surface area contributed by atoms with Crippen LogP contribution in [0.5, 0.6) is 11.5 Å². The molecule has 1 aromatic carbocycles. The molecule has 1 atom stereocenters. The largest absolute Gasteiger partial charge is 0.507 e. The van der Waals surface area contributed by atoms with E-state index in [1.165, 1.54) is 19.2 Å². The average Bonchev–Trinajstić information content (AvgIpc) is 3.22. The minimum Gasteiger partial charge on any atom is -0.507 e. The number of carbonyl (C=O) groups is 2. The summed E-state index contributed by atoms with van der Waals surface area (Å²) >= 11 is 0. The van der Waals surface area contributed by atoms with Crippen molar-refractivity contribution in [1.82, 2.24) is 10.6 Å². The smallest absolute Gasteiger partial charge is 0.255 e. The lowest BCUT2D eigenvalue weighted by Gasteiger charge is -2.14. The highest BCUT2D eigenvalue weighted by Crippen LogP contribution is 2.23. The van der Waals surface area contributed by atoms with Crippen molar-refractivity contribution in [3.63, 3.8) is 0 Å². The lowest BCUT2D eigenvalue weighted by Crippen LogP contribution is -2.45. The van der Waals surface area contributed by atoms with Crippen LogP contribution in [0.4, 0.5) is 0 Å². The fourth-order valence-corrected chi connectivity index (χ4v) is 1.72. The van der Waals surface area contributed by atoms with Crippen LogP contribution in [0.2, 0.25) is 0 Å². The molecule has 0 aliphatic heterocycles. The highest BCUT2D eigenvalue weighted by Gasteiger charge is 2.26. The summed E-state index contributed by atoms with van der Waals surface area (Å²) in [5.41, 5.74) is 0.108. The second-order valence-corrected chi connectivity index (χ2v) is 4.86. The predicted molar refractivity (Wildman–Crippen MR) is 72.8 cm³/mol. The third-order valence-corrected chi connectivity index (χ3v) is 3.11. The summed E-state index contributed by atoms with van der Waals surface area (Å²) in [6.07, 6.45) is 1.98. The highest BCUT2D eigenvalue weighted by atomic mass is 16.5. The van der Waals surface area contributed by atoms with Crippen molar-refractivity contribution in [3.05, 3.63) is 23.8 Å². The summed E-state index contributed by atoms with van der Waals surface area (Å²) in [5.74, 6) is -0.437. The number of hydrogen-bond acceptors (Lipinski definition) is 4. The summed E-state index contributed by atoms with van der Waals surface area (Å²) in [4.78, 5) is 23.7. The number of hydrogen-bond donors (Lipinski definition) is 3. The van der Waals surface area contributed by atoms with Gasteiger partial charge < -0.3 is 20.5 Å². The molecule has 2 amide bonds. The molecule has 3 N–H and O–H groups in total. The van der Waals surface area contributed by atoms with Gasteiger partial charge in [0.15, 0.2) is 0 Å². The lowest BCUT2D eigenvalue weighted by atomic mass is 10.1. The number of benzene rings is 1. The number of phenolic OH excluding ortho intramolecular Hbond substituents is 1. The first-order valence-corrected chi connectivity index (χ1v) is 6.49. The van der Waals surface area contributed by atoms with Gasteiger partial charge in [-0.3, -0.25) is 9.59 Å². The number of nitrogens with one attached hydrogen (secondary N) is 2. The summed E-state index contributed by atoms with van der Waals surface area (Å²) in [5, 5.41) is 15.1. The van der Waals surface area contributed by atoms with E-state index >= 15 is 0 Å². The van der Waals surface area contributed by atoms with Crippen LogP contribution in [0.25, 0.3) is 0 Å². The van der Waals surface area contributed by atoms with E-state index in [2.05, 4.69) is 10.6 Å². The Kier molecular flexibility index (Phi) is 4.12. The Morgan fingerprint density at radius 2 is 2.10 bits per heavy atom. The van der Waals surface area contributed by atoms with E-state index in [1.54, 1.807) is 13.0 Å². The molecule has 6 nitrogen and oxygen atoms in total. The van der Waals surface area contributed by atoms with Crippen LogP contribution < -0.4 is 15.4 Å². The van der Waals surface area contributed by atoms with Gasteiger partial charge in [-0.1, -0.05) is 0 Å². The van der Waals surface area contributed by atoms with Crippen molar-refractivity contribution in [1.29, 1.82) is 0 Å². The molecule has 1 aliphatic carbocycles. The van der Waals surface area contributed by atoms with Crippen LogP contribution in [0.15, 0.2) is 18.2 Å². The molecular weight excluding hydrogens is 260 g/mol. The number of carbonyl (C=O) groups excluding carboxylic acids is 2. The van der Waals surface area contributed by atoms with Crippen LogP contribution in [-0.4, -0.2) is 36.1 Å². The van der Waals surface area contributed by atoms with Crippen LogP contribution in [-0.2, 0) is 4.79 Å². The van der Waals surface area contributed by atoms with Gasteiger partial charge in [-0.15, -0.1) is 0 Å². The molecule has 1 aliphatic rings. The molecule has 0 heterocycles. The van der Waals surface area contributed by atoms with Gasteiger partial charge in [-0.2, -0.15) is 0 Å². The van der Waals surface area contributed by atoms with Crippen LogP contribution in [0.3, 0.4) is 0 Å². The quantitative estimate of drug-likeness (QED) is 0.743. The first kappa shape index (κ1) is 14.2. The van der Waals surface area contributed by atoms with Gasteiger partial charge >= 0.3 is 0 Å². The standard InChI is InChI=1S/C14H18N2O4/c1-8(13(18)16-9-3-4-9)15-14(19)11-6-5-10(20-2)7-12(11)17/h5-9,17H,3-4H2,1-2H3,(H,15,19)(H,16,18).